The maximum absolute atomic E-state index is 13.9. The Labute approximate surface area is 155 Å². The molecule has 1 aromatic heterocycles. The van der Waals surface area contributed by atoms with Gasteiger partial charge in [-0.2, -0.15) is 0 Å². The van der Waals surface area contributed by atoms with Crippen LogP contribution in [0.3, 0.4) is 0 Å². The zero-order valence-electron chi connectivity index (χ0n) is 13.8. The highest BCUT2D eigenvalue weighted by molar-refractivity contribution is 7.99. The van der Waals surface area contributed by atoms with Crippen molar-refractivity contribution in [3.63, 3.8) is 0 Å². The van der Waals surface area contributed by atoms with Crippen molar-refractivity contribution in [1.82, 2.24) is 14.8 Å². The van der Waals surface area contributed by atoms with Crippen molar-refractivity contribution in [1.29, 1.82) is 0 Å². The third-order valence-corrected chi connectivity index (χ3v) is 4.61. The minimum Gasteiger partial charge on any atom is -0.323 e. The first kappa shape index (κ1) is 18.9. The first-order valence-electron chi connectivity index (χ1n) is 7.59. The molecule has 0 fully saturated rings. The molecule has 0 aliphatic rings. The number of thioether (sulfide) groups is 1. The summed E-state index contributed by atoms with van der Waals surface area (Å²) < 4.78 is 55.1. The van der Waals surface area contributed by atoms with Crippen LogP contribution in [0.25, 0.3) is 11.4 Å². The fourth-order valence-corrected chi connectivity index (χ4v) is 2.97. The quantitative estimate of drug-likeness (QED) is 0.405. The number of nitrogens with zero attached hydrogens (tertiary/aromatic N) is 3. The van der Waals surface area contributed by atoms with Gasteiger partial charge in [0, 0.05) is 7.05 Å². The van der Waals surface area contributed by atoms with E-state index in [0.29, 0.717) is 11.2 Å². The molecular formula is C17H12F4N4OS. The van der Waals surface area contributed by atoms with Gasteiger partial charge in [0.05, 0.1) is 17.0 Å². The van der Waals surface area contributed by atoms with E-state index >= 15 is 0 Å². The first-order chi connectivity index (χ1) is 12.9. The largest absolute Gasteiger partial charge is 0.323 e. The molecule has 0 unspecified atom stereocenters. The van der Waals surface area contributed by atoms with Crippen molar-refractivity contribution in [2.24, 2.45) is 7.05 Å². The highest BCUT2D eigenvalue weighted by Gasteiger charge is 2.17. The zero-order chi connectivity index (χ0) is 19.6. The Bertz CT molecular complexity index is 1010. The summed E-state index contributed by atoms with van der Waals surface area (Å²) in [6, 6.07) is 7.68. The number of aromatic nitrogens is 3. The average Bonchev–Trinajstić information content (AvgIpc) is 3.01. The molecule has 0 saturated carbocycles. The smallest absolute Gasteiger partial charge is 0.234 e. The summed E-state index contributed by atoms with van der Waals surface area (Å²) in [7, 11) is 1.61. The zero-order valence-corrected chi connectivity index (χ0v) is 14.7. The van der Waals surface area contributed by atoms with Gasteiger partial charge in [-0.25, -0.2) is 17.6 Å². The van der Waals surface area contributed by atoms with E-state index in [1.54, 1.807) is 25.2 Å². The Morgan fingerprint density at radius 1 is 1.04 bits per heavy atom. The molecule has 0 bridgehead atoms. The van der Waals surface area contributed by atoms with Gasteiger partial charge in [0.15, 0.2) is 28.4 Å². The molecular weight excluding hydrogens is 384 g/mol. The van der Waals surface area contributed by atoms with E-state index in [1.807, 2.05) is 0 Å². The standard InChI is InChI=1S/C17H12F4N4OS/c1-25-16(9-4-2-3-5-10(9)18)23-24-17(25)27-8-13(26)22-12-7-6-11(19)14(20)15(12)21/h2-7H,8H2,1H3,(H,22,26). The maximum atomic E-state index is 13.9. The van der Waals surface area contributed by atoms with Gasteiger partial charge in [-0.05, 0) is 24.3 Å². The Morgan fingerprint density at radius 3 is 2.52 bits per heavy atom. The summed E-state index contributed by atoms with van der Waals surface area (Å²) in [5.41, 5.74) is -0.211. The molecule has 3 aromatic rings. The Hall–Kier alpha value is -2.88. The van der Waals surface area contributed by atoms with E-state index < -0.39 is 34.9 Å². The van der Waals surface area contributed by atoms with Crippen LogP contribution in [0.4, 0.5) is 23.2 Å². The Balaban J connectivity index is 1.68. The summed E-state index contributed by atoms with van der Waals surface area (Å²) in [5, 5.41) is 10.3. The topological polar surface area (TPSA) is 59.8 Å². The molecule has 0 aliphatic carbocycles. The van der Waals surface area contributed by atoms with Crippen LogP contribution >= 0.6 is 11.8 Å². The van der Waals surface area contributed by atoms with E-state index in [1.165, 1.54) is 10.6 Å². The fourth-order valence-electron chi connectivity index (χ4n) is 2.26. The van der Waals surface area contributed by atoms with Crippen molar-refractivity contribution >= 4 is 23.4 Å². The second kappa shape index (κ2) is 7.78. The Morgan fingerprint density at radius 2 is 1.78 bits per heavy atom. The lowest BCUT2D eigenvalue weighted by atomic mass is 10.2. The molecule has 2 aromatic carbocycles. The van der Waals surface area contributed by atoms with Crippen molar-refractivity contribution in [3.05, 3.63) is 59.7 Å². The highest BCUT2D eigenvalue weighted by atomic mass is 32.2. The van der Waals surface area contributed by atoms with E-state index in [0.717, 1.165) is 17.8 Å². The Kier molecular flexibility index (Phi) is 5.45. The summed E-state index contributed by atoms with van der Waals surface area (Å²) in [6.07, 6.45) is 0. The normalized spacial score (nSPS) is 10.9. The SMILES string of the molecule is Cn1c(SCC(=O)Nc2ccc(F)c(F)c2F)nnc1-c1ccccc1F. The van der Waals surface area contributed by atoms with Crippen molar-refractivity contribution in [3.8, 4) is 11.4 Å². The van der Waals surface area contributed by atoms with Crippen LogP contribution in [-0.2, 0) is 11.8 Å². The number of halogens is 4. The van der Waals surface area contributed by atoms with E-state index in [-0.39, 0.29) is 17.1 Å². The number of amides is 1. The second-order valence-corrected chi connectivity index (χ2v) is 6.35. The predicted molar refractivity (Wildman–Crippen MR) is 92.1 cm³/mol. The van der Waals surface area contributed by atoms with Crippen LogP contribution in [0.2, 0.25) is 0 Å². The maximum Gasteiger partial charge on any atom is 0.234 e. The number of anilines is 1. The van der Waals surface area contributed by atoms with Gasteiger partial charge in [-0.1, -0.05) is 23.9 Å². The van der Waals surface area contributed by atoms with Gasteiger partial charge >= 0.3 is 0 Å². The number of hydrogen-bond donors (Lipinski definition) is 1. The molecule has 0 aliphatic heterocycles. The molecule has 140 valence electrons. The highest BCUT2D eigenvalue weighted by Crippen LogP contribution is 2.25. The fraction of sp³-hybridized carbons (Fsp3) is 0.118. The molecule has 0 saturated heterocycles. The molecule has 5 nitrogen and oxygen atoms in total. The molecule has 1 heterocycles. The number of hydrogen-bond acceptors (Lipinski definition) is 4. The van der Waals surface area contributed by atoms with Gasteiger partial charge in [-0.3, -0.25) is 4.79 Å². The average molecular weight is 396 g/mol. The van der Waals surface area contributed by atoms with Crippen LogP contribution in [0, 0.1) is 23.3 Å². The van der Waals surface area contributed by atoms with Crippen LogP contribution < -0.4 is 5.32 Å². The third-order valence-electron chi connectivity index (χ3n) is 3.59. The minimum absolute atomic E-state index is 0.193. The number of carbonyl (C=O) groups is 1. The first-order valence-corrected chi connectivity index (χ1v) is 8.57. The van der Waals surface area contributed by atoms with Gasteiger partial charge in [0.25, 0.3) is 0 Å². The lowest BCUT2D eigenvalue weighted by Gasteiger charge is -2.07. The number of carbonyl (C=O) groups excluding carboxylic acids is 1. The monoisotopic (exact) mass is 396 g/mol. The van der Waals surface area contributed by atoms with Gasteiger partial charge in [0.2, 0.25) is 5.91 Å². The van der Waals surface area contributed by atoms with Crippen molar-refractivity contribution in [2.75, 3.05) is 11.1 Å². The second-order valence-electron chi connectivity index (χ2n) is 5.40. The molecule has 27 heavy (non-hydrogen) atoms. The van der Waals surface area contributed by atoms with Crippen LogP contribution in [0.15, 0.2) is 41.6 Å². The summed E-state index contributed by atoms with van der Waals surface area (Å²) >= 11 is 0.974. The van der Waals surface area contributed by atoms with Gasteiger partial charge in [-0.15, -0.1) is 10.2 Å². The van der Waals surface area contributed by atoms with Crippen LogP contribution in [0.1, 0.15) is 0 Å². The third kappa shape index (κ3) is 3.95. The summed E-state index contributed by atoms with van der Waals surface area (Å²) in [5.74, 6) is -5.52. The molecule has 10 heteroatoms. The van der Waals surface area contributed by atoms with Crippen molar-refractivity contribution in [2.45, 2.75) is 5.16 Å². The number of nitrogens with one attached hydrogen (secondary N) is 1. The van der Waals surface area contributed by atoms with Gasteiger partial charge < -0.3 is 9.88 Å². The van der Waals surface area contributed by atoms with Crippen LogP contribution in [0.5, 0.6) is 0 Å². The predicted octanol–water partition coefficient (Wildman–Crippen LogP) is 3.77. The van der Waals surface area contributed by atoms with Crippen LogP contribution in [-0.4, -0.2) is 26.4 Å². The van der Waals surface area contributed by atoms with Crippen molar-refractivity contribution < 1.29 is 22.4 Å². The molecule has 3 rings (SSSR count). The van der Waals surface area contributed by atoms with Gasteiger partial charge in [0.1, 0.15) is 5.82 Å². The van der Waals surface area contributed by atoms with E-state index in [2.05, 4.69) is 15.5 Å². The lowest BCUT2D eigenvalue weighted by Crippen LogP contribution is -2.16. The van der Waals surface area contributed by atoms with E-state index in [4.69, 9.17) is 0 Å². The minimum atomic E-state index is -1.66. The van der Waals surface area contributed by atoms with E-state index in [9.17, 15) is 22.4 Å². The molecule has 1 amide bonds. The lowest BCUT2D eigenvalue weighted by molar-refractivity contribution is -0.113. The molecule has 1 N–H and O–H groups in total. The molecule has 0 atom stereocenters. The molecule has 0 radical (unpaired) electrons. The number of rotatable bonds is 5. The summed E-state index contributed by atoms with van der Waals surface area (Å²) in [4.78, 5) is 11.9. The molecule has 0 spiro atoms. The summed E-state index contributed by atoms with van der Waals surface area (Å²) in [6.45, 7) is 0. The number of benzene rings is 2.